The van der Waals surface area contributed by atoms with Crippen LogP contribution in [0.2, 0.25) is 0 Å². The number of thiazole rings is 1. The van der Waals surface area contributed by atoms with E-state index in [1.165, 1.54) is 0 Å². The highest BCUT2D eigenvalue weighted by atomic mass is 32.1. The Bertz CT molecular complexity index is 438. The predicted molar refractivity (Wildman–Crippen MR) is 60.1 cm³/mol. The average Bonchev–Trinajstić information content (AvgIpc) is 2.65. The van der Waals surface area contributed by atoms with Gasteiger partial charge in [0.2, 0.25) is 5.88 Å². The molecule has 5 heteroatoms. The van der Waals surface area contributed by atoms with Crippen molar-refractivity contribution in [2.45, 2.75) is 6.42 Å². The van der Waals surface area contributed by atoms with Crippen LogP contribution in [-0.2, 0) is 6.42 Å². The zero-order chi connectivity index (χ0) is 10.7. The van der Waals surface area contributed by atoms with Gasteiger partial charge in [0.05, 0.1) is 12.1 Å². The molecule has 0 aromatic carbocycles. The molecule has 2 aromatic heterocycles. The molecule has 2 N–H and O–H groups in total. The third-order valence-electron chi connectivity index (χ3n) is 1.93. The first-order valence-electron chi connectivity index (χ1n) is 4.47. The van der Waals surface area contributed by atoms with Crippen LogP contribution in [0.4, 0.5) is 5.82 Å². The molecule has 0 radical (unpaired) electrons. The van der Waals surface area contributed by atoms with Crippen LogP contribution >= 0.6 is 11.3 Å². The molecular weight excluding hydrogens is 210 g/mol. The van der Waals surface area contributed by atoms with E-state index < -0.39 is 0 Å². The molecule has 2 aromatic rings. The standard InChI is InChI=1S/C10H11N3OS/c1-14-9-3-2-7(5-12-9)4-10-13-8(11)6-15-10/h2-3,5-6H,4,11H2,1H3. The van der Waals surface area contributed by atoms with E-state index in [2.05, 4.69) is 9.97 Å². The Morgan fingerprint density at radius 1 is 1.47 bits per heavy atom. The Hall–Kier alpha value is -1.62. The van der Waals surface area contributed by atoms with Gasteiger partial charge >= 0.3 is 0 Å². The van der Waals surface area contributed by atoms with E-state index in [0.717, 1.165) is 17.0 Å². The molecule has 0 amide bonds. The third-order valence-corrected chi connectivity index (χ3v) is 2.80. The van der Waals surface area contributed by atoms with Gasteiger partial charge in [-0.2, -0.15) is 0 Å². The smallest absolute Gasteiger partial charge is 0.212 e. The van der Waals surface area contributed by atoms with Gasteiger partial charge in [-0.1, -0.05) is 6.07 Å². The van der Waals surface area contributed by atoms with Gasteiger partial charge in [0, 0.05) is 24.1 Å². The second kappa shape index (κ2) is 4.27. The maximum atomic E-state index is 5.54. The minimum Gasteiger partial charge on any atom is -0.481 e. The molecule has 0 unspecified atom stereocenters. The summed E-state index contributed by atoms with van der Waals surface area (Å²) in [6.07, 6.45) is 2.55. The van der Waals surface area contributed by atoms with Gasteiger partial charge < -0.3 is 10.5 Å². The molecule has 2 rings (SSSR count). The molecule has 4 nitrogen and oxygen atoms in total. The number of rotatable bonds is 3. The molecule has 0 spiro atoms. The Kier molecular flexibility index (Phi) is 2.82. The minimum absolute atomic E-state index is 0.580. The summed E-state index contributed by atoms with van der Waals surface area (Å²) in [5.41, 5.74) is 6.64. The number of ether oxygens (including phenoxy) is 1. The molecule has 0 aliphatic heterocycles. The van der Waals surface area contributed by atoms with Crippen molar-refractivity contribution in [3.63, 3.8) is 0 Å². The molecule has 0 saturated carbocycles. The van der Waals surface area contributed by atoms with Crippen molar-refractivity contribution in [2.24, 2.45) is 0 Å². The highest BCUT2D eigenvalue weighted by Crippen LogP contribution is 2.16. The molecule has 78 valence electrons. The maximum Gasteiger partial charge on any atom is 0.212 e. The van der Waals surface area contributed by atoms with Crippen LogP contribution in [0.15, 0.2) is 23.7 Å². The molecule has 0 aliphatic carbocycles. The Morgan fingerprint density at radius 2 is 2.33 bits per heavy atom. The lowest BCUT2D eigenvalue weighted by Gasteiger charge is -2.00. The van der Waals surface area contributed by atoms with Gasteiger partial charge in [0.15, 0.2) is 0 Å². The van der Waals surface area contributed by atoms with Crippen LogP contribution in [0.1, 0.15) is 10.6 Å². The van der Waals surface area contributed by atoms with Crippen LogP contribution in [0, 0.1) is 0 Å². The maximum absolute atomic E-state index is 5.54. The lowest BCUT2D eigenvalue weighted by molar-refractivity contribution is 0.397. The van der Waals surface area contributed by atoms with Crippen molar-refractivity contribution < 1.29 is 4.74 Å². The Balaban J connectivity index is 2.11. The van der Waals surface area contributed by atoms with Crippen LogP contribution < -0.4 is 10.5 Å². The van der Waals surface area contributed by atoms with Crippen molar-refractivity contribution in [3.8, 4) is 5.88 Å². The number of nitrogens with two attached hydrogens (primary N) is 1. The second-order valence-corrected chi connectivity index (χ2v) is 3.99. The summed E-state index contributed by atoms with van der Waals surface area (Å²) in [7, 11) is 1.60. The monoisotopic (exact) mass is 221 g/mol. The van der Waals surface area contributed by atoms with E-state index >= 15 is 0 Å². The van der Waals surface area contributed by atoms with Gasteiger partial charge in [0.1, 0.15) is 5.82 Å². The molecular formula is C10H11N3OS. The average molecular weight is 221 g/mol. The number of nitrogen functional groups attached to an aromatic ring is 1. The fraction of sp³-hybridized carbons (Fsp3) is 0.200. The summed E-state index contributed by atoms with van der Waals surface area (Å²) < 4.78 is 4.98. The van der Waals surface area contributed by atoms with E-state index in [-0.39, 0.29) is 0 Å². The van der Waals surface area contributed by atoms with E-state index in [4.69, 9.17) is 10.5 Å². The second-order valence-electron chi connectivity index (χ2n) is 3.05. The Morgan fingerprint density at radius 3 is 2.87 bits per heavy atom. The molecule has 0 saturated heterocycles. The van der Waals surface area contributed by atoms with E-state index in [9.17, 15) is 0 Å². The van der Waals surface area contributed by atoms with Crippen molar-refractivity contribution >= 4 is 17.2 Å². The zero-order valence-corrected chi connectivity index (χ0v) is 9.12. The van der Waals surface area contributed by atoms with Crippen molar-refractivity contribution in [1.82, 2.24) is 9.97 Å². The third kappa shape index (κ3) is 2.44. The van der Waals surface area contributed by atoms with Crippen LogP contribution in [0.3, 0.4) is 0 Å². The minimum atomic E-state index is 0.580. The zero-order valence-electron chi connectivity index (χ0n) is 8.30. The molecule has 2 heterocycles. The fourth-order valence-corrected chi connectivity index (χ4v) is 1.93. The summed E-state index contributed by atoms with van der Waals surface area (Å²) in [5.74, 6) is 1.20. The van der Waals surface area contributed by atoms with Gasteiger partial charge in [-0.25, -0.2) is 9.97 Å². The van der Waals surface area contributed by atoms with Crippen molar-refractivity contribution in [2.75, 3.05) is 12.8 Å². The molecule has 0 fully saturated rings. The normalized spacial score (nSPS) is 10.2. The van der Waals surface area contributed by atoms with E-state index in [1.807, 2.05) is 17.5 Å². The molecule has 15 heavy (non-hydrogen) atoms. The number of aromatic nitrogens is 2. The van der Waals surface area contributed by atoms with Gasteiger partial charge in [0.25, 0.3) is 0 Å². The van der Waals surface area contributed by atoms with Crippen molar-refractivity contribution in [3.05, 3.63) is 34.3 Å². The summed E-state index contributed by atoms with van der Waals surface area (Å²) in [6.45, 7) is 0. The molecule has 0 atom stereocenters. The van der Waals surface area contributed by atoms with Crippen LogP contribution in [0.5, 0.6) is 5.88 Å². The summed E-state index contributed by atoms with van der Waals surface area (Å²) >= 11 is 1.56. The lowest BCUT2D eigenvalue weighted by atomic mass is 10.2. The summed E-state index contributed by atoms with van der Waals surface area (Å²) in [5, 5.41) is 2.84. The topological polar surface area (TPSA) is 61.0 Å². The number of pyridine rings is 1. The van der Waals surface area contributed by atoms with Gasteiger partial charge in [-0.15, -0.1) is 11.3 Å². The Labute approximate surface area is 91.8 Å². The highest BCUT2D eigenvalue weighted by molar-refractivity contribution is 7.10. The largest absolute Gasteiger partial charge is 0.481 e. The number of nitrogens with zero attached hydrogens (tertiary/aromatic N) is 2. The first-order chi connectivity index (χ1) is 7.28. The van der Waals surface area contributed by atoms with E-state index in [0.29, 0.717) is 11.7 Å². The first kappa shape index (κ1) is 9.92. The summed E-state index contributed by atoms with van der Waals surface area (Å²) in [4.78, 5) is 8.31. The first-order valence-corrected chi connectivity index (χ1v) is 5.34. The SMILES string of the molecule is COc1ccc(Cc2nc(N)cs2)cn1. The van der Waals surface area contributed by atoms with Gasteiger partial charge in [-0.05, 0) is 5.56 Å². The fourth-order valence-electron chi connectivity index (χ4n) is 1.22. The predicted octanol–water partition coefficient (Wildman–Crippen LogP) is 1.72. The van der Waals surface area contributed by atoms with Gasteiger partial charge in [-0.3, -0.25) is 0 Å². The molecule has 0 bridgehead atoms. The van der Waals surface area contributed by atoms with E-state index in [1.54, 1.807) is 24.6 Å². The lowest BCUT2D eigenvalue weighted by Crippen LogP contribution is -1.92. The number of hydrogen-bond donors (Lipinski definition) is 1. The number of methoxy groups -OCH3 is 1. The van der Waals surface area contributed by atoms with Crippen molar-refractivity contribution in [1.29, 1.82) is 0 Å². The highest BCUT2D eigenvalue weighted by Gasteiger charge is 2.01. The summed E-state index contributed by atoms with van der Waals surface area (Å²) in [6, 6.07) is 3.82. The number of anilines is 1. The molecule has 0 aliphatic rings. The quantitative estimate of drug-likeness (QED) is 0.857. The van der Waals surface area contributed by atoms with Crippen LogP contribution in [0.25, 0.3) is 0 Å². The van der Waals surface area contributed by atoms with Crippen LogP contribution in [-0.4, -0.2) is 17.1 Å². The number of hydrogen-bond acceptors (Lipinski definition) is 5.